The van der Waals surface area contributed by atoms with Gasteiger partial charge in [0, 0.05) is 6.54 Å². The van der Waals surface area contributed by atoms with Crippen LogP contribution in [0.1, 0.15) is 22.8 Å². The second-order valence-corrected chi connectivity index (χ2v) is 3.95. The largest absolute Gasteiger partial charge is 0.392 e. The third-order valence-electron chi connectivity index (χ3n) is 1.93. The first-order chi connectivity index (χ1) is 7.00. The summed E-state index contributed by atoms with van der Waals surface area (Å²) in [6.45, 7) is 3.74. The first kappa shape index (κ1) is 12.0. The zero-order valence-electron chi connectivity index (χ0n) is 8.75. The Hall–Kier alpha value is -1.06. The van der Waals surface area contributed by atoms with E-state index in [1.54, 1.807) is 19.1 Å². The molecule has 0 saturated carbocycles. The van der Waals surface area contributed by atoms with E-state index in [0.29, 0.717) is 10.6 Å². The summed E-state index contributed by atoms with van der Waals surface area (Å²) < 4.78 is 0. The van der Waals surface area contributed by atoms with Crippen LogP contribution in [0.2, 0.25) is 5.02 Å². The summed E-state index contributed by atoms with van der Waals surface area (Å²) in [5.74, 6) is -0.263. The molecule has 1 amide bonds. The van der Waals surface area contributed by atoms with Crippen LogP contribution >= 0.6 is 11.6 Å². The van der Waals surface area contributed by atoms with Crippen molar-refractivity contribution in [3.8, 4) is 0 Å². The number of aliphatic hydroxyl groups is 1. The van der Waals surface area contributed by atoms with Gasteiger partial charge in [-0.25, -0.2) is 0 Å². The van der Waals surface area contributed by atoms with Gasteiger partial charge in [-0.1, -0.05) is 17.7 Å². The lowest BCUT2D eigenvalue weighted by molar-refractivity contribution is 0.0924. The maximum absolute atomic E-state index is 11.6. The predicted molar refractivity (Wildman–Crippen MR) is 60.2 cm³/mol. The molecule has 0 aliphatic rings. The molecule has 2 N–H and O–H groups in total. The number of aryl methyl sites for hydroxylation is 1. The molecule has 0 aliphatic heterocycles. The topological polar surface area (TPSA) is 49.3 Å². The van der Waals surface area contributed by atoms with Crippen molar-refractivity contribution in [2.45, 2.75) is 20.0 Å². The number of hydrogen-bond acceptors (Lipinski definition) is 2. The fourth-order valence-corrected chi connectivity index (χ4v) is 1.46. The van der Waals surface area contributed by atoms with E-state index in [9.17, 15) is 4.79 Å². The van der Waals surface area contributed by atoms with Crippen LogP contribution in [0.5, 0.6) is 0 Å². The number of carbonyl (C=O) groups is 1. The van der Waals surface area contributed by atoms with Crippen LogP contribution < -0.4 is 5.32 Å². The van der Waals surface area contributed by atoms with Gasteiger partial charge in [0.1, 0.15) is 0 Å². The molecule has 3 nitrogen and oxygen atoms in total. The van der Waals surface area contributed by atoms with E-state index < -0.39 is 6.10 Å². The highest BCUT2D eigenvalue weighted by Crippen LogP contribution is 2.17. The molecule has 0 unspecified atom stereocenters. The molecule has 4 heteroatoms. The van der Waals surface area contributed by atoms with Gasteiger partial charge in [-0.3, -0.25) is 4.79 Å². The van der Waals surface area contributed by atoms with Gasteiger partial charge in [-0.15, -0.1) is 0 Å². The summed E-state index contributed by atoms with van der Waals surface area (Å²) in [7, 11) is 0. The second-order valence-electron chi connectivity index (χ2n) is 3.54. The van der Waals surface area contributed by atoms with E-state index in [0.717, 1.165) is 5.56 Å². The highest BCUT2D eigenvalue weighted by Gasteiger charge is 2.10. The standard InChI is InChI=1S/C11H14ClNO2/c1-7-3-4-9(10(12)5-7)11(15)13-6-8(2)14/h3-5,8,14H,6H2,1-2H3,(H,13,15)/t8-/m0/s1. The zero-order chi connectivity index (χ0) is 11.4. The Bertz CT molecular complexity index is 364. The first-order valence-electron chi connectivity index (χ1n) is 4.73. The molecular weight excluding hydrogens is 214 g/mol. The molecule has 0 bridgehead atoms. The minimum atomic E-state index is -0.557. The molecule has 82 valence electrons. The summed E-state index contributed by atoms with van der Waals surface area (Å²) in [6.07, 6.45) is -0.557. The van der Waals surface area contributed by atoms with Crippen molar-refractivity contribution in [1.82, 2.24) is 5.32 Å². The fraction of sp³-hybridized carbons (Fsp3) is 0.364. The Morgan fingerprint density at radius 2 is 2.27 bits per heavy atom. The van der Waals surface area contributed by atoms with Crippen molar-refractivity contribution < 1.29 is 9.90 Å². The number of hydrogen-bond donors (Lipinski definition) is 2. The van der Waals surface area contributed by atoms with Crippen LogP contribution in [0.15, 0.2) is 18.2 Å². The van der Waals surface area contributed by atoms with Gasteiger partial charge in [-0.05, 0) is 31.5 Å². The number of halogens is 1. The Morgan fingerprint density at radius 1 is 1.60 bits per heavy atom. The lowest BCUT2D eigenvalue weighted by atomic mass is 10.1. The van der Waals surface area contributed by atoms with Crippen molar-refractivity contribution >= 4 is 17.5 Å². The van der Waals surface area contributed by atoms with Crippen molar-refractivity contribution in [2.75, 3.05) is 6.54 Å². The molecule has 1 rings (SSSR count). The monoisotopic (exact) mass is 227 g/mol. The first-order valence-corrected chi connectivity index (χ1v) is 5.11. The van der Waals surface area contributed by atoms with Crippen molar-refractivity contribution in [3.05, 3.63) is 34.3 Å². The zero-order valence-corrected chi connectivity index (χ0v) is 9.51. The fourth-order valence-electron chi connectivity index (χ4n) is 1.14. The summed E-state index contributed by atoms with van der Waals surface area (Å²) in [5.41, 5.74) is 1.44. The van der Waals surface area contributed by atoms with Gasteiger partial charge in [-0.2, -0.15) is 0 Å². The van der Waals surface area contributed by atoms with Gasteiger partial charge in [0.2, 0.25) is 0 Å². The van der Waals surface area contributed by atoms with Crippen molar-refractivity contribution in [2.24, 2.45) is 0 Å². The minimum absolute atomic E-state index is 0.225. The van der Waals surface area contributed by atoms with Gasteiger partial charge in [0.05, 0.1) is 16.7 Å². The van der Waals surface area contributed by atoms with E-state index in [2.05, 4.69) is 5.32 Å². The van der Waals surface area contributed by atoms with Crippen LogP contribution in [-0.2, 0) is 0 Å². The third-order valence-corrected chi connectivity index (χ3v) is 2.24. The van der Waals surface area contributed by atoms with Gasteiger partial charge < -0.3 is 10.4 Å². The van der Waals surface area contributed by atoms with E-state index >= 15 is 0 Å². The normalized spacial score (nSPS) is 12.3. The average Bonchev–Trinajstić information content (AvgIpc) is 2.14. The molecule has 0 aliphatic carbocycles. The third kappa shape index (κ3) is 3.53. The lowest BCUT2D eigenvalue weighted by Gasteiger charge is -2.08. The SMILES string of the molecule is Cc1ccc(C(=O)NC[C@H](C)O)c(Cl)c1. The Labute approximate surface area is 94.1 Å². The molecule has 1 aromatic rings. The molecule has 15 heavy (non-hydrogen) atoms. The van der Waals surface area contributed by atoms with Crippen LogP contribution in [0, 0.1) is 6.92 Å². The van der Waals surface area contributed by atoms with Crippen molar-refractivity contribution in [3.63, 3.8) is 0 Å². The Balaban J connectivity index is 2.74. The van der Waals surface area contributed by atoms with Crippen LogP contribution in [-0.4, -0.2) is 23.7 Å². The molecule has 0 fully saturated rings. The highest BCUT2D eigenvalue weighted by molar-refractivity contribution is 6.33. The van der Waals surface area contributed by atoms with E-state index in [-0.39, 0.29) is 12.5 Å². The highest BCUT2D eigenvalue weighted by atomic mass is 35.5. The number of rotatable bonds is 3. The smallest absolute Gasteiger partial charge is 0.252 e. The molecule has 1 atom stereocenters. The van der Waals surface area contributed by atoms with Crippen LogP contribution in [0.25, 0.3) is 0 Å². The molecule has 0 radical (unpaired) electrons. The van der Waals surface area contributed by atoms with E-state index in [1.165, 1.54) is 0 Å². The Morgan fingerprint density at radius 3 is 2.80 bits per heavy atom. The number of benzene rings is 1. The van der Waals surface area contributed by atoms with Crippen molar-refractivity contribution in [1.29, 1.82) is 0 Å². The number of nitrogens with one attached hydrogen (secondary N) is 1. The van der Waals surface area contributed by atoms with E-state index in [1.807, 2.05) is 13.0 Å². The molecule has 0 heterocycles. The summed E-state index contributed by atoms with van der Waals surface area (Å²) >= 11 is 5.92. The van der Waals surface area contributed by atoms with Gasteiger partial charge in [0.25, 0.3) is 5.91 Å². The molecule has 0 spiro atoms. The maximum Gasteiger partial charge on any atom is 0.252 e. The molecular formula is C11H14ClNO2. The minimum Gasteiger partial charge on any atom is -0.392 e. The summed E-state index contributed by atoms with van der Waals surface area (Å²) in [5, 5.41) is 12.0. The lowest BCUT2D eigenvalue weighted by Crippen LogP contribution is -2.30. The van der Waals surface area contributed by atoms with Crippen LogP contribution in [0.4, 0.5) is 0 Å². The Kier molecular flexibility index (Phi) is 4.12. The second kappa shape index (κ2) is 5.14. The molecule has 1 aromatic carbocycles. The molecule has 0 saturated heterocycles. The quantitative estimate of drug-likeness (QED) is 0.827. The predicted octanol–water partition coefficient (Wildman–Crippen LogP) is 1.76. The van der Waals surface area contributed by atoms with E-state index in [4.69, 9.17) is 16.7 Å². The summed E-state index contributed by atoms with van der Waals surface area (Å²) in [6, 6.07) is 5.23. The number of amides is 1. The summed E-state index contributed by atoms with van der Waals surface area (Å²) in [4.78, 5) is 11.6. The van der Waals surface area contributed by atoms with Gasteiger partial charge >= 0.3 is 0 Å². The number of aliphatic hydroxyl groups excluding tert-OH is 1. The molecule has 0 aromatic heterocycles. The maximum atomic E-state index is 11.6. The van der Waals surface area contributed by atoms with Gasteiger partial charge in [0.15, 0.2) is 0 Å². The number of carbonyl (C=O) groups excluding carboxylic acids is 1. The average molecular weight is 228 g/mol. The van der Waals surface area contributed by atoms with Crippen LogP contribution in [0.3, 0.4) is 0 Å².